The first-order chi connectivity index (χ1) is 16.7. The maximum absolute atomic E-state index is 12.4. The van der Waals surface area contributed by atoms with Gasteiger partial charge in [-0.25, -0.2) is 4.79 Å². The standard InChI is InChI=1S/C29H40O5/c1-3-5-6-7-8-9-10-11-21-31-24-15-13-23(14-16-24)29(30)33-26-19-17-25(18-20-26)32-22-28-27(34-28)12-4-2/h13-20,27-28H,3-12,21-22H2,1-2H3. The molecule has 0 aromatic heterocycles. The Morgan fingerprint density at radius 1 is 0.706 bits per heavy atom. The van der Waals surface area contributed by atoms with Crippen LogP contribution in [0.4, 0.5) is 0 Å². The molecule has 5 heteroatoms. The van der Waals surface area contributed by atoms with Gasteiger partial charge in [0.25, 0.3) is 0 Å². The largest absolute Gasteiger partial charge is 0.494 e. The molecule has 34 heavy (non-hydrogen) atoms. The molecule has 0 spiro atoms. The number of unbranched alkanes of at least 4 members (excludes halogenated alkanes) is 7. The van der Waals surface area contributed by atoms with Crippen molar-refractivity contribution in [3.8, 4) is 17.2 Å². The van der Waals surface area contributed by atoms with E-state index in [2.05, 4.69) is 13.8 Å². The second-order valence-corrected chi connectivity index (χ2v) is 9.02. The summed E-state index contributed by atoms with van der Waals surface area (Å²) in [7, 11) is 0. The highest BCUT2D eigenvalue weighted by Gasteiger charge is 2.38. The molecule has 0 saturated carbocycles. The average Bonchev–Trinajstić information content (AvgIpc) is 3.61. The van der Waals surface area contributed by atoms with Gasteiger partial charge in [0.2, 0.25) is 0 Å². The molecule has 1 saturated heterocycles. The number of rotatable bonds is 17. The molecule has 5 nitrogen and oxygen atoms in total. The summed E-state index contributed by atoms with van der Waals surface area (Å²) in [6.07, 6.45) is 13.0. The molecule has 2 unspecified atom stereocenters. The summed E-state index contributed by atoms with van der Waals surface area (Å²) >= 11 is 0. The number of esters is 1. The summed E-state index contributed by atoms with van der Waals surface area (Å²) in [4.78, 5) is 12.4. The SMILES string of the molecule is CCCCCCCCCCOc1ccc(C(=O)Oc2ccc(OCC3OC3CCC)cc2)cc1. The Kier molecular flexibility index (Phi) is 11.3. The Labute approximate surface area is 204 Å². The zero-order valence-electron chi connectivity index (χ0n) is 20.8. The predicted octanol–water partition coefficient (Wildman–Crippen LogP) is 7.37. The van der Waals surface area contributed by atoms with Crippen LogP contribution < -0.4 is 14.2 Å². The van der Waals surface area contributed by atoms with Crippen molar-refractivity contribution in [1.29, 1.82) is 0 Å². The van der Waals surface area contributed by atoms with Crippen molar-refractivity contribution >= 4 is 5.97 Å². The van der Waals surface area contributed by atoms with E-state index in [1.165, 1.54) is 44.9 Å². The molecule has 2 aromatic carbocycles. The topological polar surface area (TPSA) is 57.3 Å². The molecule has 0 amide bonds. The van der Waals surface area contributed by atoms with Gasteiger partial charge in [-0.15, -0.1) is 0 Å². The zero-order chi connectivity index (χ0) is 24.0. The molecule has 186 valence electrons. The van der Waals surface area contributed by atoms with Gasteiger partial charge in [-0.2, -0.15) is 0 Å². The Morgan fingerprint density at radius 2 is 1.29 bits per heavy atom. The summed E-state index contributed by atoms with van der Waals surface area (Å²) in [5.41, 5.74) is 0.493. The summed E-state index contributed by atoms with van der Waals surface area (Å²) in [5, 5.41) is 0. The van der Waals surface area contributed by atoms with E-state index in [0.717, 1.165) is 30.8 Å². The van der Waals surface area contributed by atoms with Crippen LogP contribution in [0.1, 0.15) is 88.4 Å². The van der Waals surface area contributed by atoms with E-state index in [-0.39, 0.29) is 6.10 Å². The lowest BCUT2D eigenvalue weighted by atomic mass is 10.1. The Morgan fingerprint density at radius 3 is 1.97 bits per heavy atom. The van der Waals surface area contributed by atoms with Gasteiger partial charge in [0.1, 0.15) is 30.0 Å². The molecular formula is C29H40O5. The summed E-state index contributed by atoms with van der Waals surface area (Å²) < 4.78 is 22.6. The number of ether oxygens (including phenoxy) is 4. The van der Waals surface area contributed by atoms with E-state index in [0.29, 0.717) is 30.6 Å². The van der Waals surface area contributed by atoms with Gasteiger partial charge in [-0.1, -0.05) is 65.2 Å². The highest BCUT2D eigenvalue weighted by molar-refractivity contribution is 5.91. The zero-order valence-corrected chi connectivity index (χ0v) is 20.8. The number of carbonyl (C=O) groups is 1. The van der Waals surface area contributed by atoms with Gasteiger partial charge in [0.05, 0.1) is 18.3 Å². The van der Waals surface area contributed by atoms with Crippen LogP contribution >= 0.6 is 0 Å². The van der Waals surface area contributed by atoms with E-state index in [9.17, 15) is 4.79 Å². The quantitative estimate of drug-likeness (QED) is 0.105. The van der Waals surface area contributed by atoms with Crippen LogP contribution in [0.15, 0.2) is 48.5 Å². The Hall–Kier alpha value is -2.53. The van der Waals surface area contributed by atoms with Crippen molar-refractivity contribution in [1.82, 2.24) is 0 Å². The van der Waals surface area contributed by atoms with Crippen molar-refractivity contribution in [2.75, 3.05) is 13.2 Å². The number of benzene rings is 2. The smallest absolute Gasteiger partial charge is 0.343 e. The van der Waals surface area contributed by atoms with Crippen LogP contribution in [0, 0.1) is 0 Å². The monoisotopic (exact) mass is 468 g/mol. The van der Waals surface area contributed by atoms with Crippen LogP contribution in [0.3, 0.4) is 0 Å². The summed E-state index contributed by atoms with van der Waals surface area (Å²) in [6.45, 7) is 5.66. The molecule has 0 aliphatic carbocycles. The van der Waals surface area contributed by atoms with Crippen molar-refractivity contribution in [2.24, 2.45) is 0 Å². The first-order valence-corrected chi connectivity index (χ1v) is 13.0. The maximum atomic E-state index is 12.4. The van der Waals surface area contributed by atoms with E-state index in [1.807, 2.05) is 24.3 Å². The minimum Gasteiger partial charge on any atom is -0.494 e. The fourth-order valence-corrected chi connectivity index (χ4v) is 3.93. The van der Waals surface area contributed by atoms with Crippen LogP contribution in [-0.2, 0) is 4.74 Å². The normalized spacial score (nSPS) is 16.8. The highest BCUT2D eigenvalue weighted by atomic mass is 16.6. The maximum Gasteiger partial charge on any atom is 0.343 e. The molecule has 1 aliphatic rings. The third-order valence-corrected chi connectivity index (χ3v) is 6.07. The van der Waals surface area contributed by atoms with Crippen LogP contribution in [-0.4, -0.2) is 31.4 Å². The van der Waals surface area contributed by atoms with Crippen LogP contribution in [0.5, 0.6) is 17.2 Å². The first kappa shape index (κ1) is 26.1. The number of hydrogen-bond donors (Lipinski definition) is 0. The van der Waals surface area contributed by atoms with Crippen molar-refractivity contribution < 1.29 is 23.7 Å². The highest BCUT2D eigenvalue weighted by Crippen LogP contribution is 2.28. The fraction of sp³-hybridized carbons (Fsp3) is 0.552. The molecule has 1 heterocycles. The number of carbonyl (C=O) groups excluding carboxylic acids is 1. The van der Waals surface area contributed by atoms with Crippen LogP contribution in [0.25, 0.3) is 0 Å². The van der Waals surface area contributed by atoms with Gasteiger partial charge in [0.15, 0.2) is 0 Å². The van der Waals surface area contributed by atoms with Gasteiger partial charge in [0, 0.05) is 0 Å². The van der Waals surface area contributed by atoms with Gasteiger partial charge in [-0.05, 0) is 61.4 Å². The minimum atomic E-state index is -0.392. The van der Waals surface area contributed by atoms with E-state index < -0.39 is 5.97 Å². The molecule has 0 N–H and O–H groups in total. The average molecular weight is 469 g/mol. The lowest BCUT2D eigenvalue weighted by molar-refractivity contribution is 0.0734. The molecule has 0 bridgehead atoms. The minimum absolute atomic E-state index is 0.199. The second kappa shape index (κ2) is 14.7. The van der Waals surface area contributed by atoms with Crippen molar-refractivity contribution in [3.63, 3.8) is 0 Å². The molecule has 0 radical (unpaired) electrons. The molecule has 2 atom stereocenters. The lowest BCUT2D eigenvalue weighted by Gasteiger charge is -2.09. The van der Waals surface area contributed by atoms with Crippen LogP contribution in [0.2, 0.25) is 0 Å². The number of epoxide rings is 1. The summed E-state index contributed by atoms with van der Waals surface area (Å²) in [5.74, 6) is 1.61. The molecular weight excluding hydrogens is 428 g/mol. The van der Waals surface area contributed by atoms with E-state index in [4.69, 9.17) is 18.9 Å². The molecule has 1 fully saturated rings. The van der Waals surface area contributed by atoms with Gasteiger partial charge in [-0.3, -0.25) is 0 Å². The number of hydrogen-bond acceptors (Lipinski definition) is 5. The summed E-state index contributed by atoms with van der Waals surface area (Å²) in [6, 6.07) is 14.2. The third kappa shape index (κ3) is 9.38. The van der Waals surface area contributed by atoms with E-state index >= 15 is 0 Å². The van der Waals surface area contributed by atoms with Crippen molar-refractivity contribution in [3.05, 3.63) is 54.1 Å². The fourth-order valence-electron chi connectivity index (χ4n) is 3.93. The second-order valence-electron chi connectivity index (χ2n) is 9.02. The Balaban J connectivity index is 1.31. The van der Waals surface area contributed by atoms with Gasteiger partial charge < -0.3 is 18.9 Å². The molecule has 2 aromatic rings. The van der Waals surface area contributed by atoms with Gasteiger partial charge >= 0.3 is 5.97 Å². The van der Waals surface area contributed by atoms with Crippen molar-refractivity contribution in [2.45, 2.75) is 90.3 Å². The Bertz CT molecular complexity index is 831. The first-order valence-electron chi connectivity index (χ1n) is 13.0. The van der Waals surface area contributed by atoms with E-state index in [1.54, 1.807) is 24.3 Å². The molecule has 3 rings (SSSR count). The molecule has 1 aliphatic heterocycles. The lowest BCUT2D eigenvalue weighted by Crippen LogP contribution is -2.09. The third-order valence-electron chi connectivity index (χ3n) is 6.07. The predicted molar refractivity (Wildman–Crippen MR) is 135 cm³/mol.